The number of hydrogen-bond acceptors (Lipinski definition) is 1. The maximum atomic E-state index is 12.7. The van der Waals surface area contributed by atoms with Gasteiger partial charge in [0.05, 0.1) is 0 Å². The number of para-hydroxylation sites is 1. The third-order valence-corrected chi connectivity index (χ3v) is 3.87. The summed E-state index contributed by atoms with van der Waals surface area (Å²) >= 11 is 0. The number of aromatic nitrogens is 1. The van der Waals surface area contributed by atoms with Crippen molar-refractivity contribution in [2.45, 2.75) is 6.92 Å². The number of nitrogens with zero attached hydrogens (tertiary/aromatic N) is 2. The van der Waals surface area contributed by atoms with Gasteiger partial charge in [0.1, 0.15) is 5.69 Å². The van der Waals surface area contributed by atoms with E-state index in [1.807, 2.05) is 48.0 Å². The van der Waals surface area contributed by atoms with Crippen LogP contribution >= 0.6 is 0 Å². The highest BCUT2D eigenvalue weighted by atomic mass is 16.2. The third-order valence-electron chi connectivity index (χ3n) is 3.87. The van der Waals surface area contributed by atoms with Gasteiger partial charge in [-0.3, -0.25) is 4.79 Å². The number of anilines is 1. The van der Waals surface area contributed by atoms with Crippen molar-refractivity contribution in [1.29, 1.82) is 0 Å². The molecule has 21 heavy (non-hydrogen) atoms. The van der Waals surface area contributed by atoms with Crippen molar-refractivity contribution in [1.82, 2.24) is 4.57 Å². The molecule has 2 aromatic carbocycles. The molecule has 0 atom stereocenters. The van der Waals surface area contributed by atoms with E-state index in [9.17, 15) is 4.79 Å². The molecule has 0 fully saturated rings. The Labute approximate surface area is 124 Å². The van der Waals surface area contributed by atoms with Gasteiger partial charge in [0, 0.05) is 30.7 Å². The SMILES string of the molecule is Cc1ccc2c(c1)cc(C(=O)N(C)c1ccccc1)n2C. The molecule has 106 valence electrons. The number of benzene rings is 2. The van der Waals surface area contributed by atoms with Crippen LogP contribution in [0.2, 0.25) is 0 Å². The van der Waals surface area contributed by atoms with Gasteiger partial charge < -0.3 is 9.47 Å². The zero-order valence-electron chi connectivity index (χ0n) is 12.5. The Hall–Kier alpha value is -2.55. The highest BCUT2D eigenvalue weighted by molar-refractivity contribution is 6.07. The molecule has 0 spiro atoms. The summed E-state index contributed by atoms with van der Waals surface area (Å²) in [5.74, 6) is -0.00227. The first-order chi connectivity index (χ1) is 10.1. The largest absolute Gasteiger partial charge is 0.340 e. The lowest BCUT2D eigenvalue weighted by Gasteiger charge is -2.17. The molecule has 0 saturated carbocycles. The number of carbonyl (C=O) groups is 1. The van der Waals surface area contributed by atoms with Gasteiger partial charge in [-0.2, -0.15) is 0 Å². The van der Waals surface area contributed by atoms with E-state index in [1.165, 1.54) is 5.56 Å². The van der Waals surface area contributed by atoms with Crippen LogP contribution in [-0.2, 0) is 7.05 Å². The minimum Gasteiger partial charge on any atom is -0.340 e. The van der Waals surface area contributed by atoms with Crippen LogP contribution in [0.15, 0.2) is 54.6 Å². The molecule has 0 saturated heterocycles. The van der Waals surface area contributed by atoms with Crippen LogP contribution in [-0.4, -0.2) is 17.5 Å². The monoisotopic (exact) mass is 278 g/mol. The van der Waals surface area contributed by atoms with Crippen LogP contribution in [0.4, 0.5) is 5.69 Å². The van der Waals surface area contributed by atoms with Crippen LogP contribution < -0.4 is 4.90 Å². The lowest BCUT2D eigenvalue weighted by atomic mass is 10.2. The normalized spacial score (nSPS) is 10.8. The van der Waals surface area contributed by atoms with Crippen molar-refractivity contribution >= 4 is 22.5 Å². The van der Waals surface area contributed by atoms with Crippen LogP contribution in [0, 0.1) is 6.92 Å². The van der Waals surface area contributed by atoms with E-state index in [-0.39, 0.29) is 5.91 Å². The van der Waals surface area contributed by atoms with E-state index >= 15 is 0 Å². The fraction of sp³-hybridized carbons (Fsp3) is 0.167. The predicted octanol–water partition coefficient (Wildman–Crippen LogP) is 3.76. The van der Waals surface area contributed by atoms with Crippen molar-refractivity contribution in [3.63, 3.8) is 0 Å². The van der Waals surface area contributed by atoms with E-state index in [2.05, 4.69) is 25.1 Å². The van der Waals surface area contributed by atoms with Crippen molar-refractivity contribution in [3.05, 3.63) is 65.9 Å². The summed E-state index contributed by atoms with van der Waals surface area (Å²) in [7, 11) is 3.74. The summed E-state index contributed by atoms with van der Waals surface area (Å²) < 4.78 is 1.95. The summed E-state index contributed by atoms with van der Waals surface area (Å²) in [6.07, 6.45) is 0. The molecule has 0 bridgehead atoms. The first-order valence-corrected chi connectivity index (χ1v) is 6.97. The van der Waals surface area contributed by atoms with Crippen LogP contribution in [0.1, 0.15) is 16.1 Å². The number of hydrogen-bond donors (Lipinski definition) is 0. The lowest BCUT2D eigenvalue weighted by molar-refractivity contribution is 0.0985. The highest BCUT2D eigenvalue weighted by Crippen LogP contribution is 2.22. The van der Waals surface area contributed by atoms with Gasteiger partial charge in [0.25, 0.3) is 5.91 Å². The Bertz CT molecular complexity index is 803. The minimum atomic E-state index is -0.00227. The van der Waals surface area contributed by atoms with Crippen molar-refractivity contribution in [2.75, 3.05) is 11.9 Å². The standard InChI is InChI=1S/C18H18N2O/c1-13-9-10-16-14(11-13)12-17(20(16)3)18(21)19(2)15-7-5-4-6-8-15/h4-12H,1-3H3. The van der Waals surface area contributed by atoms with Gasteiger partial charge in [0.2, 0.25) is 0 Å². The number of fused-ring (bicyclic) bond motifs is 1. The van der Waals surface area contributed by atoms with Crippen LogP contribution in [0.5, 0.6) is 0 Å². The predicted molar refractivity (Wildman–Crippen MR) is 86.8 cm³/mol. The topological polar surface area (TPSA) is 25.2 Å². The van der Waals surface area contributed by atoms with Crippen molar-refractivity contribution < 1.29 is 4.79 Å². The van der Waals surface area contributed by atoms with E-state index in [1.54, 1.807) is 11.9 Å². The molecule has 0 radical (unpaired) electrons. The maximum absolute atomic E-state index is 12.7. The Morgan fingerprint density at radius 1 is 1.05 bits per heavy atom. The van der Waals surface area contributed by atoms with Crippen molar-refractivity contribution in [3.8, 4) is 0 Å². The van der Waals surface area contributed by atoms with Gasteiger partial charge in [-0.1, -0.05) is 29.8 Å². The minimum absolute atomic E-state index is 0.00227. The van der Waals surface area contributed by atoms with E-state index in [0.717, 1.165) is 16.6 Å². The average molecular weight is 278 g/mol. The third kappa shape index (κ3) is 2.31. The van der Waals surface area contributed by atoms with Gasteiger partial charge in [-0.25, -0.2) is 0 Å². The molecule has 1 heterocycles. The smallest absolute Gasteiger partial charge is 0.274 e. The fourth-order valence-electron chi connectivity index (χ4n) is 2.61. The summed E-state index contributed by atoms with van der Waals surface area (Å²) in [5.41, 5.74) is 3.86. The molecule has 3 rings (SSSR count). The Morgan fingerprint density at radius 3 is 2.48 bits per heavy atom. The molecule has 0 N–H and O–H groups in total. The molecule has 3 nitrogen and oxygen atoms in total. The first-order valence-electron chi connectivity index (χ1n) is 6.97. The molecule has 1 aromatic heterocycles. The molecule has 0 unspecified atom stereocenters. The second-order valence-corrected chi connectivity index (χ2v) is 5.35. The number of amides is 1. The molecule has 0 aliphatic rings. The molecular formula is C18H18N2O. The van der Waals surface area contributed by atoms with Gasteiger partial charge >= 0.3 is 0 Å². The van der Waals surface area contributed by atoms with E-state index in [0.29, 0.717) is 5.69 Å². The van der Waals surface area contributed by atoms with Gasteiger partial charge in [-0.05, 0) is 37.3 Å². The zero-order chi connectivity index (χ0) is 15.0. The average Bonchev–Trinajstić information content (AvgIpc) is 2.83. The Balaban J connectivity index is 2.04. The summed E-state index contributed by atoms with van der Waals surface area (Å²) in [4.78, 5) is 14.4. The summed E-state index contributed by atoms with van der Waals surface area (Å²) in [5, 5.41) is 1.10. The Kier molecular flexibility index (Phi) is 3.26. The number of aryl methyl sites for hydroxylation is 2. The van der Waals surface area contributed by atoms with Crippen LogP contribution in [0.25, 0.3) is 10.9 Å². The van der Waals surface area contributed by atoms with Crippen LogP contribution in [0.3, 0.4) is 0 Å². The van der Waals surface area contributed by atoms with Gasteiger partial charge in [0.15, 0.2) is 0 Å². The molecule has 1 amide bonds. The second kappa shape index (κ2) is 5.09. The number of rotatable bonds is 2. The molecule has 3 heteroatoms. The summed E-state index contributed by atoms with van der Waals surface area (Å²) in [6.45, 7) is 2.06. The first kappa shape index (κ1) is 13.4. The molecule has 3 aromatic rings. The maximum Gasteiger partial charge on any atom is 0.274 e. The molecular weight excluding hydrogens is 260 g/mol. The number of carbonyl (C=O) groups excluding carboxylic acids is 1. The zero-order valence-corrected chi connectivity index (χ0v) is 12.5. The molecule has 0 aliphatic heterocycles. The van der Waals surface area contributed by atoms with Crippen molar-refractivity contribution in [2.24, 2.45) is 7.05 Å². The van der Waals surface area contributed by atoms with E-state index in [4.69, 9.17) is 0 Å². The Morgan fingerprint density at radius 2 is 1.76 bits per heavy atom. The van der Waals surface area contributed by atoms with Gasteiger partial charge in [-0.15, -0.1) is 0 Å². The second-order valence-electron chi connectivity index (χ2n) is 5.35. The molecule has 0 aliphatic carbocycles. The lowest BCUT2D eigenvalue weighted by Crippen LogP contribution is -2.27. The quantitative estimate of drug-likeness (QED) is 0.700. The summed E-state index contributed by atoms with van der Waals surface area (Å²) in [6, 6.07) is 17.9. The highest BCUT2D eigenvalue weighted by Gasteiger charge is 2.18. The van der Waals surface area contributed by atoms with E-state index < -0.39 is 0 Å². The fourth-order valence-corrected chi connectivity index (χ4v) is 2.61.